The van der Waals surface area contributed by atoms with Crippen molar-refractivity contribution in [3.05, 3.63) is 90.3 Å². The fourth-order valence-corrected chi connectivity index (χ4v) is 3.26. The van der Waals surface area contributed by atoms with Gasteiger partial charge in [0.15, 0.2) is 0 Å². The zero-order chi connectivity index (χ0) is 21.8. The lowest BCUT2D eigenvalue weighted by Crippen LogP contribution is -2.23. The van der Waals surface area contributed by atoms with E-state index in [4.69, 9.17) is 4.74 Å². The van der Waals surface area contributed by atoms with Crippen LogP contribution in [0.4, 0.5) is 10.2 Å². The average molecular weight is 417 g/mol. The van der Waals surface area contributed by atoms with Gasteiger partial charge in [-0.25, -0.2) is 4.39 Å². The second kappa shape index (κ2) is 8.74. The summed E-state index contributed by atoms with van der Waals surface area (Å²) < 4.78 is 20.2. The number of anilines is 1. The number of benzene rings is 2. The van der Waals surface area contributed by atoms with Gasteiger partial charge in [-0.1, -0.05) is 42.5 Å². The zero-order valence-electron chi connectivity index (χ0n) is 17.0. The van der Waals surface area contributed by atoms with Gasteiger partial charge in [-0.15, -0.1) is 0 Å². The molecule has 1 unspecified atom stereocenters. The van der Waals surface area contributed by atoms with E-state index in [9.17, 15) is 9.18 Å². The van der Waals surface area contributed by atoms with Crippen LogP contribution in [0.1, 0.15) is 22.1 Å². The van der Waals surface area contributed by atoms with Gasteiger partial charge in [0.05, 0.1) is 19.5 Å². The molecule has 8 heteroatoms. The number of carbonyl (C=O) groups is 1. The molecule has 2 aromatic heterocycles. The maximum atomic E-state index is 13.7. The molecule has 0 radical (unpaired) electrons. The summed E-state index contributed by atoms with van der Waals surface area (Å²) >= 11 is 0. The van der Waals surface area contributed by atoms with Crippen LogP contribution in [0, 0.1) is 5.82 Å². The lowest BCUT2D eigenvalue weighted by Gasteiger charge is -2.18. The molecule has 1 N–H and O–H groups in total. The van der Waals surface area contributed by atoms with Gasteiger partial charge < -0.3 is 10.1 Å². The van der Waals surface area contributed by atoms with Gasteiger partial charge in [-0.3, -0.25) is 14.5 Å². The third-order valence-electron chi connectivity index (χ3n) is 4.73. The largest absolute Gasteiger partial charge is 0.480 e. The summed E-state index contributed by atoms with van der Waals surface area (Å²) in [4.78, 5) is 22.0. The van der Waals surface area contributed by atoms with E-state index in [2.05, 4.69) is 20.4 Å². The molecule has 4 rings (SSSR count). The molecule has 0 spiro atoms. The molecular formula is C23H20FN5O2. The van der Waals surface area contributed by atoms with Crippen LogP contribution in [-0.4, -0.2) is 32.6 Å². The molecule has 1 atom stereocenters. The number of aryl methyl sites for hydroxylation is 1. The number of hydrogen-bond acceptors (Lipinski definition) is 6. The number of carbonyl (C=O) groups excluding carboxylic acids is 1. The lowest BCUT2D eigenvalue weighted by atomic mass is 9.96. The summed E-state index contributed by atoms with van der Waals surface area (Å²) in [5.74, 6) is -0.0213. The predicted octanol–water partition coefficient (Wildman–Crippen LogP) is 4.06. The number of nitrogens with one attached hydrogen (secondary N) is 1. The van der Waals surface area contributed by atoms with Crippen LogP contribution in [0.15, 0.2) is 73.2 Å². The number of ether oxygens (including phenoxy) is 1. The standard InChI is InChI=1S/C23H20FN5O2/c1-29-14-18(15-6-4-3-5-7-15)22(28-29)23(30)21(16-8-10-17(24)11-9-16)27-19-12-25-13-20(26-19)31-2/h3-14,21H,1-2H3,(H,26,27). The second-order valence-corrected chi connectivity index (χ2v) is 6.87. The Labute approximate surface area is 178 Å². The summed E-state index contributed by atoms with van der Waals surface area (Å²) in [6.07, 6.45) is 4.75. The third-order valence-corrected chi connectivity index (χ3v) is 4.73. The van der Waals surface area contributed by atoms with Crippen LogP contribution in [-0.2, 0) is 7.05 Å². The number of hydrogen-bond donors (Lipinski definition) is 1. The normalized spacial score (nSPS) is 11.7. The van der Waals surface area contributed by atoms with Crippen molar-refractivity contribution in [2.75, 3.05) is 12.4 Å². The Morgan fingerprint density at radius 3 is 2.55 bits per heavy atom. The molecule has 156 valence electrons. The fourth-order valence-electron chi connectivity index (χ4n) is 3.26. The minimum absolute atomic E-state index is 0.282. The first kappa shape index (κ1) is 20.2. The molecule has 0 amide bonds. The number of ketones is 1. The molecule has 2 aromatic carbocycles. The van der Waals surface area contributed by atoms with Crippen LogP contribution in [0.5, 0.6) is 5.88 Å². The van der Waals surface area contributed by atoms with Crippen LogP contribution in [0.3, 0.4) is 0 Å². The third kappa shape index (κ3) is 4.42. The molecule has 0 aliphatic carbocycles. The minimum atomic E-state index is -0.862. The highest BCUT2D eigenvalue weighted by molar-refractivity contribution is 6.05. The summed E-state index contributed by atoms with van der Waals surface area (Å²) in [5, 5.41) is 7.52. The Bertz CT molecular complexity index is 1190. The fraction of sp³-hybridized carbons (Fsp3) is 0.130. The molecule has 0 aliphatic rings. The maximum absolute atomic E-state index is 13.7. The van der Waals surface area contributed by atoms with Crippen LogP contribution >= 0.6 is 0 Å². The van der Waals surface area contributed by atoms with E-state index in [0.29, 0.717) is 28.5 Å². The van der Waals surface area contributed by atoms with Crippen LogP contribution < -0.4 is 10.1 Å². The van der Waals surface area contributed by atoms with E-state index in [1.165, 1.54) is 31.6 Å². The van der Waals surface area contributed by atoms with Crippen molar-refractivity contribution in [3.63, 3.8) is 0 Å². The lowest BCUT2D eigenvalue weighted by molar-refractivity contribution is 0.0964. The van der Waals surface area contributed by atoms with Crippen molar-refractivity contribution in [1.82, 2.24) is 19.7 Å². The number of rotatable bonds is 7. The van der Waals surface area contributed by atoms with Gasteiger partial charge in [0.1, 0.15) is 23.4 Å². The topological polar surface area (TPSA) is 81.9 Å². The van der Waals surface area contributed by atoms with Gasteiger partial charge in [-0.05, 0) is 23.3 Å². The molecule has 2 heterocycles. The molecule has 0 saturated carbocycles. The second-order valence-electron chi connectivity index (χ2n) is 6.87. The van der Waals surface area contributed by atoms with E-state index >= 15 is 0 Å². The molecule has 0 saturated heterocycles. The van der Waals surface area contributed by atoms with E-state index < -0.39 is 6.04 Å². The predicted molar refractivity (Wildman–Crippen MR) is 114 cm³/mol. The Kier molecular flexibility index (Phi) is 5.70. The first-order valence-corrected chi connectivity index (χ1v) is 9.56. The molecule has 7 nitrogen and oxygen atoms in total. The molecule has 31 heavy (non-hydrogen) atoms. The number of halogens is 1. The van der Waals surface area contributed by atoms with Gasteiger partial charge in [-0.2, -0.15) is 10.1 Å². The van der Waals surface area contributed by atoms with Crippen LogP contribution in [0.25, 0.3) is 11.1 Å². The summed E-state index contributed by atoms with van der Waals surface area (Å²) in [7, 11) is 3.24. The van der Waals surface area contributed by atoms with Gasteiger partial charge in [0.25, 0.3) is 0 Å². The average Bonchev–Trinajstić information content (AvgIpc) is 3.20. The van der Waals surface area contributed by atoms with Gasteiger partial charge in [0.2, 0.25) is 11.7 Å². The minimum Gasteiger partial charge on any atom is -0.480 e. The zero-order valence-corrected chi connectivity index (χ0v) is 17.0. The van der Waals surface area contributed by atoms with Crippen molar-refractivity contribution in [3.8, 4) is 17.0 Å². The SMILES string of the molecule is COc1cncc(NC(C(=O)c2nn(C)cc2-c2ccccc2)c2ccc(F)cc2)n1. The number of aromatic nitrogens is 4. The Balaban J connectivity index is 1.77. The summed E-state index contributed by atoms with van der Waals surface area (Å²) in [6, 6.07) is 14.4. The molecular weight excluding hydrogens is 397 g/mol. The van der Waals surface area contributed by atoms with Crippen molar-refractivity contribution >= 4 is 11.6 Å². The van der Waals surface area contributed by atoms with Crippen LogP contribution in [0.2, 0.25) is 0 Å². The highest BCUT2D eigenvalue weighted by Gasteiger charge is 2.28. The monoisotopic (exact) mass is 417 g/mol. The highest BCUT2D eigenvalue weighted by Crippen LogP contribution is 2.29. The van der Waals surface area contributed by atoms with Crippen molar-refractivity contribution < 1.29 is 13.9 Å². The van der Waals surface area contributed by atoms with Crippen molar-refractivity contribution in [1.29, 1.82) is 0 Å². The van der Waals surface area contributed by atoms with Crippen molar-refractivity contribution in [2.24, 2.45) is 7.05 Å². The molecule has 0 fully saturated rings. The van der Waals surface area contributed by atoms with Gasteiger partial charge in [0, 0.05) is 18.8 Å². The summed E-state index contributed by atoms with van der Waals surface area (Å²) in [6.45, 7) is 0. The van der Waals surface area contributed by atoms with Crippen molar-refractivity contribution in [2.45, 2.75) is 6.04 Å². The van der Waals surface area contributed by atoms with E-state index in [0.717, 1.165) is 5.56 Å². The smallest absolute Gasteiger partial charge is 0.233 e. The van der Waals surface area contributed by atoms with E-state index in [-0.39, 0.29) is 11.6 Å². The quantitative estimate of drug-likeness (QED) is 0.457. The highest BCUT2D eigenvalue weighted by atomic mass is 19.1. The first-order chi connectivity index (χ1) is 15.0. The number of Topliss-reactive ketones (excluding diaryl/α,β-unsaturated/α-hetero) is 1. The first-order valence-electron chi connectivity index (χ1n) is 9.56. The Hall–Kier alpha value is -4.07. The molecule has 0 bridgehead atoms. The Morgan fingerprint density at radius 1 is 1.10 bits per heavy atom. The van der Waals surface area contributed by atoms with E-state index in [1.54, 1.807) is 30.1 Å². The number of nitrogens with zero attached hydrogens (tertiary/aromatic N) is 4. The molecule has 0 aliphatic heterocycles. The Morgan fingerprint density at radius 2 is 1.84 bits per heavy atom. The number of methoxy groups -OCH3 is 1. The maximum Gasteiger partial charge on any atom is 0.233 e. The summed E-state index contributed by atoms with van der Waals surface area (Å²) in [5.41, 5.74) is 2.45. The van der Waals surface area contributed by atoms with Gasteiger partial charge >= 0.3 is 0 Å². The van der Waals surface area contributed by atoms with E-state index in [1.807, 2.05) is 30.3 Å². The molecule has 4 aromatic rings.